The smallest absolute Gasteiger partial charge is 0.242 e. The molecular weight excluding hydrogens is 399 g/mol. The lowest BCUT2D eigenvalue weighted by Crippen LogP contribution is -2.23. The van der Waals surface area contributed by atoms with Gasteiger partial charge in [0.25, 0.3) is 0 Å². The Morgan fingerprint density at radius 2 is 1.68 bits per heavy atom. The van der Waals surface area contributed by atoms with E-state index < -0.39 is 5.60 Å². The summed E-state index contributed by atoms with van der Waals surface area (Å²) in [7, 11) is 1.62. The van der Waals surface area contributed by atoms with Gasteiger partial charge in [-0.05, 0) is 49.2 Å². The van der Waals surface area contributed by atoms with Crippen LogP contribution in [0.4, 0.5) is 4.39 Å². The lowest BCUT2D eigenvalue weighted by atomic mass is 10.1. The molecule has 2 aromatic carbocycles. The summed E-state index contributed by atoms with van der Waals surface area (Å²) in [6.07, 6.45) is 1.53. The van der Waals surface area contributed by atoms with Crippen LogP contribution in [0.3, 0.4) is 0 Å². The van der Waals surface area contributed by atoms with Gasteiger partial charge < -0.3 is 19.1 Å². The van der Waals surface area contributed by atoms with E-state index in [2.05, 4.69) is 15.0 Å². The van der Waals surface area contributed by atoms with Crippen LogP contribution in [0.15, 0.2) is 54.9 Å². The maximum absolute atomic E-state index is 13.1. The van der Waals surface area contributed by atoms with Crippen molar-refractivity contribution in [1.29, 1.82) is 0 Å². The third-order valence-corrected chi connectivity index (χ3v) is 5.01. The Labute approximate surface area is 179 Å². The summed E-state index contributed by atoms with van der Waals surface area (Å²) in [5, 5.41) is 10.2. The minimum atomic E-state index is -0.836. The molecule has 0 saturated carbocycles. The van der Waals surface area contributed by atoms with E-state index in [4.69, 9.17) is 9.47 Å². The monoisotopic (exact) mass is 422 g/mol. The number of aromatic nitrogens is 4. The topological polar surface area (TPSA) is 82.3 Å². The first kappa shape index (κ1) is 20.7. The fourth-order valence-corrected chi connectivity index (χ4v) is 3.15. The van der Waals surface area contributed by atoms with Gasteiger partial charge in [-0.3, -0.25) is 0 Å². The SMILES string of the molecule is COc1ccc(Cn2cnc(O)c3nc(C(C)(C)OCc4ccc(F)cc4)nc2-3)cc1. The number of imidazole rings is 1. The second kappa shape index (κ2) is 8.31. The van der Waals surface area contributed by atoms with E-state index in [9.17, 15) is 9.50 Å². The number of methoxy groups -OCH3 is 1. The zero-order valence-corrected chi connectivity index (χ0v) is 17.5. The first-order valence-electron chi connectivity index (χ1n) is 9.79. The molecule has 0 aromatic heterocycles. The highest BCUT2D eigenvalue weighted by molar-refractivity contribution is 5.58. The molecule has 2 aliphatic heterocycles. The first-order valence-corrected chi connectivity index (χ1v) is 9.79. The van der Waals surface area contributed by atoms with Crippen molar-refractivity contribution in [3.05, 3.63) is 77.6 Å². The molecule has 0 atom stereocenters. The summed E-state index contributed by atoms with van der Waals surface area (Å²) >= 11 is 0. The largest absolute Gasteiger partial charge is 0.497 e. The van der Waals surface area contributed by atoms with Gasteiger partial charge in [0.2, 0.25) is 5.88 Å². The van der Waals surface area contributed by atoms with Crippen molar-refractivity contribution in [2.24, 2.45) is 0 Å². The number of ether oxygens (including phenoxy) is 2. The van der Waals surface area contributed by atoms with E-state index in [-0.39, 0.29) is 18.3 Å². The Hall–Kier alpha value is -3.52. The molecule has 0 radical (unpaired) electrons. The van der Waals surface area contributed by atoms with Gasteiger partial charge in [0.05, 0.1) is 20.3 Å². The molecule has 0 saturated heterocycles. The molecule has 7 nitrogen and oxygen atoms in total. The number of nitrogens with zero attached hydrogens (tertiary/aromatic N) is 4. The highest BCUT2D eigenvalue weighted by Gasteiger charge is 2.31. The van der Waals surface area contributed by atoms with Gasteiger partial charge in [-0.25, -0.2) is 19.3 Å². The molecule has 0 aliphatic carbocycles. The van der Waals surface area contributed by atoms with Crippen LogP contribution in [0.25, 0.3) is 11.5 Å². The minimum absolute atomic E-state index is 0.186. The summed E-state index contributed by atoms with van der Waals surface area (Å²) < 4.78 is 26.2. The number of aromatic hydroxyl groups is 1. The van der Waals surface area contributed by atoms with Crippen molar-refractivity contribution in [2.75, 3.05) is 7.11 Å². The van der Waals surface area contributed by atoms with Gasteiger partial charge in [0, 0.05) is 0 Å². The van der Waals surface area contributed by atoms with Crippen LogP contribution in [0.1, 0.15) is 30.8 Å². The maximum atomic E-state index is 13.1. The molecule has 31 heavy (non-hydrogen) atoms. The molecule has 160 valence electrons. The summed E-state index contributed by atoms with van der Waals surface area (Å²) in [5.74, 6) is 1.23. The van der Waals surface area contributed by atoms with E-state index >= 15 is 0 Å². The normalized spacial score (nSPS) is 11.7. The Bertz CT molecular complexity index is 1140. The molecule has 2 aliphatic rings. The van der Waals surface area contributed by atoms with Crippen LogP contribution in [-0.2, 0) is 23.5 Å². The molecule has 0 fully saturated rings. The standard InChI is InChI=1S/C23H23FN4O3/c1-23(2,31-13-16-4-8-17(24)9-5-16)22-26-19-20(27-22)28(14-25-21(19)29)12-15-6-10-18(30-3)11-7-15/h4-11,14,29H,12-13H2,1-3H3. The van der Waals surface area contributed by atoms with Crippen LogP contribution >= 0.6 is 0 Å². The van der Waals surface area contributed by atoms with Gasteiger partial charge in [0.15, 0.2) is 17.3 Å². The number of rotatable bonds is 7. The lowest BCUT2D eigenvalue weighted by Gasteiger charge is -2.22. The number of hydrogen-bond donors (Lipinski definition) is 1. The van der Waals surface area contributed by atoms with Crippen molar-refractivity contribution < 1.29 is 19.0 Å². The summed E-state index contributed by atoms with van der Waals surface area (Å²) in [5.41, 5.74) is 1.34. The van der Waals surface area contributed by atoms with E-state index in [1.165, 1.54) is 18.5 Å². The lowest BCUT2D eigenvalue weighted by molar-refractivity contribution is -0.0393. The third-order valence-electron chi connectivity index (χ3n) is 5.01. The second-order valence-corrected chi connectivity index (χ2v) is 7.69. The molecule has 0 spiro atoms. The quantitative estimate of drug-likeness (QED) is 0.482. The van der Waals surface area contributed by atoms with Gasteiger partial charge in [-0.15, -0.1) is 0 Å². The number of benzene rings is 2. The molecule has 1 N–H and O–H groups in total. The van der Waals surface area contributed by atoms with Crippen LogP contribution in [-0.4, -0.2) is 31.7 Å². The highest BCUT2D eigenvalue weighted by Crippen LogP contribution is 2.32. The Kier molecular flexibility index (Phi) is 5.56. The van der Waals surface area contributed by atoms with E-state index in [1.807, 2.05) is 42.7 Å². The average molecular weight is 422 g/mol. The van der Waals surface area contributed by atoms with Crippen LogP contribution < -0.4 is 4.74 Å². The molecule has 4 rings (SSSR count). The molecule has 8 heteroatoms. The molecule has 2 heterocycles. The van der Waals surface area contributed by atoms with Crippen molar-refractivity contribution in [3.8, 4) is 23.1 Å². The predicted molar refractivity (Wildman–Crippen MR) is 112 cm³/mol. The molecule has 0 amide bonds. The predicted octanol–water partition coefficient (Wildman–Crippen LogP) is 4.13. The fraction of sp³-hybridized carbons (Fsp3) is 0.261. The van der Waals surface area contributed by atoms with Crippen molar-refractivity contribution in [3.63, 3.8) is 0 Å². The number of hydrogen-bond acceptors (Lipinski definition) is 6. The Balaban J connectivity index is 1.59. The Morgan fingerprint density at radius 3 is 2.35 bits per heavy atom. The van der Waals surface area contributed by atoms with Crippen LogP contribution in [0.2, 0.25) is 0 Å². The molecule has 2 aromatic rings. The molecule has 0 bridgehead atoms. The van der Waals surface area contributed by atoms with E-state index in [0.29, 0.717) is 23.9 Å². The summed E-state index contributed by atoms with van der Waals surface area (Å²) in [6, 6.07) is 13.8. The second-order valence-electron chi connectivity index (χ2n) is 7.69. The van der Waals surface area contributed by atoms with Crippen LogP contribution in [0.5, 0.6) is 11.6 Å². The molecular formula is C23H23FN4O3. The third kappa shape index (κ3) is 4.49. The van der Waals surface area contributed by atoms with Gasteiger partial charge >= 0.3 is 0 Å². The summed E-state index contributed by atoms with van der Waals surface area (Å²) in [6.45, 7) is 4.48. The zero-order valence-electron chi connectivity index (χ0n) is 17.5. The van der Waals surface area contributed by atoms with Crippen LogP contribution in [0, 0.1) is 5.82 Å². The summed E-state index contributed by atoms with van der Waals surface area (Å²) in [4.78, 5) is 13.2. The van der Waals surface area contributed by atoms with Crippen molar-refractivity contribution >= 4 is 0 Å². The van der Waals surface area contributed by atoms with Crippen molar-refractivity contribution in [1.82, 2.24) is 19.5 Å². The number of fused-ring (bicyclic) bond motifs is 1. The zero-order chi connectivity index (χ0) is 22.0. The highest BCUT2D eigenvalue weighted by atomic mass is 19.1. The van der Waals surface area contributed by atoms with E-state index in [1.54, 1.807) is 19.2 Å². The average Bonchev–Trinajstić information content (AvgIpc) is 3.24. The molecule has 0 unspecified atom stereocenters. The van der Waals surface area contributed by atoms with E-state index in [0.717, 1.165) is 16.9 Å². The first-order chi connectivity index (χ1) is 14.9. The Morgan fingerprint density at radius 1 is 1.00 bits per heavy atom. The maximum Gasteiger partial charge on any atom is 0.242 e. The number of halogens is 1. The van der Waals surface area contributed by atoms with Crippen molar-refractivity contribution in [2.45, 2.75) is 32.6 Å². The fourth-order valence-electron chi connectivity index (χ4n) is 3.15. The minimum Gasteiger partial charge on any atom is -0.497 e. The van der Waals surface area contributed by atoms with Gasteiger partial charge in [-0.2, -0.15) is 0 Å². The van der Waals surface area contributed by atoms with Gasteiger partial charge in [0.1, 0.15) is 23.5 Å². The van der Waals surface area contributed by atoms with Gasteiger partial charge in [-0.1, -0.05) is 24.3 Å².